The summed E-state index contributed by atoms with van der Waals surface area (Å²) in [7, 11) is 0. The highest BCUT2D eigenvalue weighted by atomic mass is 32.1. The summed E-state index contributed by atoms with van der Waals surface area (Å²) in [6, 6.07) is 15.7. The summed E-state index contributed by atoms with van der Waals surface area (Å²) >= 11 is 1.43. The molecule has 0 radical (unpaired) electrons. The van der Waals surface area contributed by atoms with Crippen molar-refractivity contribution in [2.45, 2.75) is 19.4 Å². The maximum Gasteiger partial charge on any atom is 0.261 e. The summed E-state index contributed by atoms with van der Waals surface area (Å²) < 4.78 is 1.64. The molecule has 4 aromatic rings. The molecule has 7 heteroatoms. The summed E-state index contributed by atoms with van der Waals surface area (Å²) in [5.41, 5.74) is 9.36. The minimum absolute atomic E-state index is 0.00118. The van der Waals surface area contributed by atoms with Gasteiger partial charge >= 0.3 is 0 Å². The van der Waals surface area contributed by atoms with Crippen LogP contribution in [0.4, 0.5) is 5.95 Å². The van der Waals surface area contributed by atoms with Crippen LogP contribution in [0.5, 0.6) is 0 Å². The number of hydrogen-bond donors (Lipinski definition) is 2. The summed E-state index contributed by atoms with van der Waals surface area (Å²) in [5.74, 6) is 0.178. The van der Waals surface area contributed by atoms with Gasteiger partial charge in [-0.2, -0.15) is 4.98 Å². The first-order valence-electron chi connectivity index (χ1n) is 8.70. The quantitative estimate of drug-likeness (QED) is 0.552. The minimum atomic E-state index is -0.0620. The molecule has 0 aliphatic rings. The largest absolute Gasteiger partial charge is 0.366 e. The number of rotatable bonds is 5. The molecule has 0 unspecified atom stereocenters. The van der Waals surface area contributed by atoms with Crippen LogP contribution >= 0.6 is 11.3 Å². The number of thiophene rings is 1. The molecular weight excluding hydrogens is 358 g/mol. The van der Waals surface area contributed by atoms with E-state index in [1.165, 1.54) is 11.3 Å². The zero-order valence-corrected chi connectivity index (χ0v) is 15.6. The zero-order valence-electron chi connectivity index (χ0n) is 14.8. The van der Waals surface area contributed by atoms with Gasteiger partial charge in [0.2, 0.25) is 5.95 Å². The second kappa shape index (κ2) is 7.20. The smallest absolute Gasteiger partial charge is 0.261 e. The van der Waals surface area contributed by atoms with E-state index in [2.05, 4.69) is 22.3 Å². The number of benzene rings is 1. The lowest BCUT2D eigenvalue weighted by molar-refractivity contribution is 0.0939. The Bertz CT molecular complexity index is 1090. The number of carbonyl (C=O) groups is 1. The lowest BCUT2D eigenvalue weighted by Crippen LogP contribution is -2.27. The van der Waals surface area contributed by atoms with E-state index < -0.39 is 0 Å². The Morgan fingerprint density at radius 1 is 1.22 bits per heavy atom. The maximum absolute atomic E-state index is 12.7. The first-order chi connectivity index (χ1) is 13.1. The van der Waals surface area contributed by atoms with E-state index in [9.17, 15) is 4.79 Å². The predicted molar refractivity (Wildman–Crippen MR) is 108 cm³/mol. The Hall–Kier alpha value is -3.19. The predicted octanol–water partition coefficient (Wildman–Crippen LogP) is 3.92. The Kier molecular flexibility index (Phi) is 4.60. The van der Waals surface area contributed by atoms with Crippen molar-refractivity contribution in [1.82, 2.24) is 19.9 Å². The highest BCUT2D eigenvalue weighted by Crippen LogP contribution is 2.27. The molecule has 0 saturated heterocycles. The number of amides is 1. The van der Waals surface area contributed by atoms with E-state index in [0.717, 1.165) is 23.1 Å². The number of fused-ring (bicyclic) bond motifs is 1. The van der Waals surface area contributed by atoms with E-state index in [-0.39, 0.29) is 17.9 Å². The van der Waals surface area contributed by atoms with Crippen LogP contribution in [0.25, 0.3) is 16.8 Å². The van der Waals surface area contributed by atoms with Crippen LogP contribution in [-0.2, 0) is 0 Å². The molecule has 6 nitrogen and oxygen atoms in total. The van der Waals surface area contributed by atoms with E-state index >= 15 is 0 Å². The fourth-order valence-electron chi connectivity index (χ4n) is 3.01. The van der Waals surface area contributed by atoms with Crippen LogP contribution in [0.2, 0.25) is 0 Å². The van der Waals surface area contributed by atoms with Crippen LogP contribution in [-0.4, -0.2) is 20.5 Å². The van der Waals surface area contributed by atoms with Crippen LogP contribution in [0.15, 0.2) is 60.1 Å². The fourth-order valence-corrected chi connectivity index (χ4v) is 3.83. The monoisotopic (exact) mass is 377 g/mol. The molecule has 4 rings (SSSR count). The molecule has 3 heterocycles. The number of aromatic nitrogens is 3. The maximum atomic E-state index is 12.7. The number of nitrogens with zero attached hydrogens (tertiary/aromatic N) is 3. The van der Waals surface area contributed by atoms with Gasteiger partial charge in [-0.1, -0.05) is 37.3 Å². The van der Waals surface area contributed by atoms with Gasteiger partial charge < -0.3 is 11.1 Å². The molecular formula is C20H19N5OS. The van der Waals surface area contributed by atoms with Crippen molar-refractivity contribution in [3.8, 4) is 11.1 Å². The molecule has 0 aliphatic carbocycles. The van der Waals surface area contributed by atoms with Gasteiger partial charge in [0, 0.05) is 11.8 Å². The lowest BCUT2D eigenvalue weighted by Gasteiger charge is -2.16. The van der Waals surface area contributed by atoms with Crippen LogP contribution in [0.3, 0.4) is 0 Å². The van der Waals surface area contributed by atoms with Gasteiger partial charge in [0.25, 0.3) is 5.91 Å². The summed E-state index contributed by atoms with van der Waals surface area (Å²) in [5, 5.41) is 9.23. The molecule has 1 aromatic carbocycles. The molecule has 27 heavy (non-hydrogen) atoms. The molecule has 0 saturated carbocycles. The summed E-state index contributed by atoms with van der Waals surface area (Å²) in [4.78, 5) is 17.5. The fraction of sp³-hybridized carbons (Fsp3) is 0.150. The van der Waals surface area contributed by atoms with Crippen LogP contribution in [0, 0.1) is 0 Å². The zero-order chi connectivity index (χ0) is 18.8. The number of carbonyl (C=O) groups excluding carboxylic acids is 1. The standard InChI is InChI=1S/C20H19N5OS/c1-2-16(13-6-4-3-5-7-13)22-19(26)17-10-15(12-27-17)14-8-9-18-23-20(21)24-25(18)11-14/h3-12,16H,2H2,1H3,(H2,21,24)(H,22,26)/t16-/m0/s1. The number of anilines is 1. The summed E-state index contributed by atoms with van der Waals surface area (Å²) in [6.07, 6.45) is 2.69. The van der Waals surface area contributed by atoms with E-state index in [1.54, 1.807) is 4.52 Å². The second-order valence-electron chi connectivity index (χ2n) is 6.24. The number of nitrogens with one attached hydrogen (secondary N) is 1. The van der Waals surface area contributed by atoms with Gasteiger partial charge in [-0.05, 0) is 41.1 Å². The SMILES string of the molecule is CC[C@H](NC(=O)c1cc(-c2ccc3nc(N)nn3c2)cs1)c1ccccc1. The second-order valence-corrected chi connectivity index (χ2v) is 7.15. The van der Waals surface area contributed by atoms with Gasteiger partial charge in [-0.25, -0.2) is 4.52 Å². The third-order valence-electron chi connectivity index (χ3n) is 4.42. The van der Waals surface area contributed by atoms with Crippen molar-refractivity contribution < 1.29 is 4.79 Å². The third kappa shape index (κ3) is 3.54. The number of hydrogen-bond acceptors (Lipinski definition) is 5. The molecule has 0 fully saturated rings. The molecule has 1 atom stereocenters. The Balaban J connectivity index is 1.54. The summed E-state index contributed by atoms with van der Waals surface area (Å²) in [6.45, 7) is 2.07. The third-order valence-corrected chi connectivity index (χ3v) is 5.35. The minimum Gasteiger partial charge on any atom is -0.366 e. The molecule has 1 amide bonds. The van der Waals surface area contributed by atoms with Crippen molar-refractivity contribution >= 4 is 28.8 Å². The van der Waals surface area contributed by atoms with E-state index in [0.29, 0.717) is 10.5 Å². The van der Waals surface area contributed by atoms with Crippen LogP contribution < -0.4 is 11.1 Å². The Morgan fingerprint density at radius 2 is 2.04 bits per heavy atom. The van der Waals surface area contributed by atoms with Crippen molar-refractivity contribution in [3.05, 3.63) is 70.5 Å². The van der Waals surface area contributed by atoms with E-state index in [4.69, 9.17) is 5.73 Å². The molecule has 0 spiro atoms. The van der Waals surface area contributed by atoms with Crippen LogP contribution in [0.1, 0.15) is 34.6 Å². The normalized spacial score (nSPS) is 12.2. The average molecular weight is 377 g/mol. The van der Waals surface area contributed by atoms with E-state index in [1.807, 2.05) is 60.1 Å². The lowest BCUT2D eigenvalue weighted by atomic mass is 10.0. The Labute approximate surface area is 160 Å². The molecule has 0 bridgehead atoms. The van der Waals surface area contributed by atoms with Gasteiger partial charge in [-0.15, -0.1) is 16.4 Å². The number of nitrogen functional groups attached to an aromatic ring is 1. The number of pyridine rings is 1. The molecule has 136 valence electrons. The number of nitrogens with two attached hydrogens (primary N) is 1. The van der Waals surface area contributed by atoms with Crippen molar-refractivity contribution in [2.75, 3.05) is 5.73 Å². The van der Waals surface area contributed by atoms with Crippen molar-refractivity contribution in [1.29, 1.82) is 0 Å². The van der Waals surface area contributed by atoms with Gasteiger partial charge in [0.15, 0.2) is 5.65 Å². The van der Waals surface area contributed by atoms with Gasteiger partial charge in [0.05, 0.1) is 10.9 Å². The molecule has 3 N–H and O–H groups in total. The van der Waals surface area contributed by atoms with Gasteiger partial charge in [0.1, 0.15) is 0 Å². The average Bonchev–Trinajstić information content (AvgIpc) is 3.32. The highest BCUT2D eigenvalue weighted by molar-refractivity contribution is 7.12. The molecule has 0 aliphatic heterocycles. The Morgan fingerprint density at radius 3 is 2.81 bits per heavy atom. The van der Waals surface area contributed by atoms with Gasteiger partial charge in [-0.3, -0.25) is 4.79 Å². The first-order valence-corrected chi connectivity index (χ1v) is 9.58. The highest BCUT2D eigenvalue weighted by Gasteiger charge is 2.16. The van der Waals surface area contributed by atoms with Crippen molar-refractivity contribution in [2.24, 2.45) is 0 Å². The molecule has 3 aromatic heterocycles. The topological polar surface area (TPSA) is 85.3 Å². The first kappa shape index (κ1) is 17.2. The van der Waals surface area contributed by atoms with Crippen molar-refractivity contribution in [3.63, 3.8) is 0 Å².